The van der Waals surface area contributed by atoms with Crippen LogP contribution in [0, 0.1) is 23.6 Å². The van der Waals surface area contributed by atoms with Gasteiger partial charge in [0, 0.05) is 39.3 Å². The van der Waals surface area contributed by atoms with E-state index in [9.17, 15) is 5.11 Å². The molecule has 1 aliphatic heterocycles. The number of rotatable bonds is 6. The summed E-state index contributed by atoms with van der Waals surface area (Å²) < 4.78 is 32.5. The van der Waals surface area contributed by atoms with Crippen molar-refractivity contribution in [1.29, 1.82) is 0 Å². The zero-order valence-electron chi connectivity index (χ0n) is 21.0. The molecule has 0 unspecified atom stereocenters. The Kier molecular flexibility index (Phi) is 7.76. The number of hydrogen-bond acceptors (Lipinski definition) is 4. The van der Waals surface area contributed by atoms with Crippen molar-refractivity contribution in [2.24, 2.45) is 17.8 Å². The van der Waals surface area contributed by atoms with Crippen LogP contribution in [0.15, 0.2) is 36.4 Å². The van der Waals surface area contributed by atoms with E-state index in [2.05, 4.69) is 12.1 Å². The molecule has 0 radical (unpaired) electrons. The molecule has 1 N–H and O–H groups in total. The lowest BCUT2D eigenvalue weighted by Crippen LogP contribution is -2.32. The number of phenolic OH excluding ortho intramolecular Hbond substituents is 1. The largest absolute Gasteiger partial charge is 0.508 e. The van der Waals surface area contributed by atoms with Crippen molar-refractivity contribution < 1.29 is 23.7 Å². The third kappa shape index (κ3) is 5.14. The third-order valence-electron chi connectivity index (χ3n) is 8.96. The van der Waals surface area contributed by atoms with Crippen LogP contribution in [0.5, 0.6) is 5.75 Å². The van der Waals surface area contributed by atoms with Gasteiger partial charge in [-0.15, -0.1) is 0 Å². The van der Waals surface area contributed by atoms with Crippen LogP contribution in [-0.2, 0) is 20.6 Å². The van der Waals surface area contributed by atoms with E-state index in [-0.39, 0.29) is 18.0 Å². The molecule has 0 spiro atoms. The fraction of sp³-hybridized carbons (Fsp3) is 0.600. The Morgan fingerprint density at radius 1 is 0.886 bits per heavy atom. The summed E-state index contributed by atoms with van der Waals surface area (Å²) in [6.07, 6.45) is 8.03. The van der Waals surface area contributed by atoms with Crippen molar-refractivity contribution in [3.63, 3.8) is 0 Å². The molecule has 1 heterocycles. The first-order valence-electron chi connectivity index (χ1n) is 13.3. The summed E-state index contributed by atoms with van der Waals surface area (Å²) in [4.78, 5) is 0. The van der Waals surface area contributed by atoms with Gasteiger partial charge in [0.05, 0.1) is 0 Å². The number of hydrogen-bond donors (Lipinski definition) is 1. The zero-order chi connectivity index (χ0) is 24.4. The second kappa shape index (κ2) is 11.0. The first-order chi connectivity index (χ1) is 17.1. The molecule has 5 heteroatoms. The van der Waals surface area contributed by atoms with Crippen molar-refractivity contribution in [2.45, 2.75) is 69.5 Å². The Hall–Kier alpha value is -1.95. The Bertz CT molecular complexity index is 990. The molecule has 2 fully saturated rings. The van der Waals surface area contributed by atoms with Crippen LogP contribution in [0.4, 0.5) is 4.39 Å². The first-order valence-corrected chi connectivity index (χ1v) is 13.3. The summed E-state index contributed by atoms with van der Waals surface area (Å²) in [7, 11) is 3.40. The predicted molar refractivity (Wildman–Crippen MR) is 134 cm³/mol. The van der Waals surface area contributed by atoms with Gasteiger partial charge in [0.1, 0.15) is 11.6 Å². The van der Waals surface area contributed by atoms with Crippen LogP contribution in [0.1, 0.15) is 79.0 Å². The number of fused-ring (bicyclic) bond motifs is 1. The molecule has 0 aromatic heterocycles. The second-order valence-electron chi connectivity index (χ2n) is 10.7. The minimum absolute atomic E-state index is 0.0244. The van der Waals surface area contributed by atoms with Crippen LogP contribution in [0.2, 0.25) is 0 Å². The highest BCUT2D eigenvalue weighted by Crippen LogP contribution is 2.48. The van der Waals surface area contributed by atoms with Gasteiger partial charge < -0.3 is 19.3 Å². The molecule has 0 amide bonds. The standard InChI is InChI=1S/C30H39FO4/c1-33-30(34-2)21-5-3-19(4-6-21)22-7-11-27(28(31)18-22)29-25(20-13-15-35-16-14-20)10-8-23-17-24(32)9-12-26(23)29/h7,9,11-12,17-21,25,29-30,32H,3-6,8,10,13-16H2,1-2H3/t19?,21?,25-,29+/m1/s1. The van der Waals surface area contributed by atoms with Crippen molar-refractivity contribution in [2.75, 3.05) is 27.4 Å². The van der Waals surface area contributed by atoms with Gasteiger partial charge in [-0.05, 0) is 110 Å². The normalized spacial score (nSPS) is 27.7. The molecule has 1 saturated carbocycles. The molecule has 2 atom stereocenters. The Labute approximate surface area is 208 Å². The van der Waals surface area contributed by atoms with Gasteiger partial charge >= 0.3 is 0 Å². The van der Waals surface area contributed by atoms with E-state index in [1.807, 2.05) is 12.1 Å². The van der Waals surface area contributed by atoms with Crippen LogP contribution in [0.3, 0.4) is 0 Å². The maximum atomic E-state index is 15.9. The van der Waals surface area contributed by atoms with E-state index in [1.54, 1.807) is 26.4 Å². The van der Waals surface area contributed by atoms with Gasteiger partial charge in [0.2, 0.25) is 0 Å². The molecule has 190 valence electrons. The Balaban J connectivity index is 1.40. The number of phenols is 1. The van der Waals surface area contributed by atoms with E-state index in [0.717, 1.165) is 81.3 Å². The van der Waals surface area contributed by atoms with Crippen molar-refractivity contribution >= 4 is 0 Å². The number of benzene rings is 2. The fourth-order valence-electron chi connectivity index (χ4n) is 7.14. The lowest BCUT2D eigenvalue weighted by molar-refractivity contribution is -0.144. The average molecular weight is 483 g/mol. The van der Waals surface area contributed by atoms with Crippen molar-refractivity contribution in [3.8, 4) is 5.75 Å². The molecular formula is C30H39FO4. The molecular weight excluding hydrogens is 443 g/mol. The minimum atomic E-state index is -0.150. The highest BCUT2D eigenvalue weighted by molar-refractivity contribution is 5.45. The number of aromatic hydroxyl groups is 1. The number of methoxy groups -OCH3 is 2. The summed E-state index contributed by atoms with van der Waals surface area (Å²) in [5.74, 6) is 1.96. The van der Waals surface area contributed by atoms with E-state index in [0.29, 0.717) is 29.4 Å². The fourth-order valence-corrected chi connectivity index (χ4v) is 7.14. The number of halogens is 1. The van der Waals surface area contributed by atoms with Gasteiger partial charge in [-0.3, -0.25) is 0 Å². The molecule has 5 rings (SSSR count). The maximum Gasteiger partial charge on any atom is 0.159 e. The third-order valence-corrected chi connectivity index (χ3v) is 8.96. The van der Waals surface area contributed by atoms with E-state index >= 15 is 4.39 Å². The quantitative estimate of drug-likeness (QED) is 0.475. The SMILES string of the molecule is COC(OC)C1CCC(c2ccc([C@@H]3c4ccc(O)cc4CC[C@@H]3C3CCOCC3)c(F)c2)CC1. The molecule has 2 aliphatic carbocycles. The molecule has 35 heavy (non-hydrogen) atoms. The lowest BCUT2D eigenvalue weighted by atomic mass is 9.65. The van der Waals surface area contributed by atoms with E-state index in [1.165, 1.54) is 5.56 Å². The topological polar surface area (TPSA) is 47.9 Å². The predicted octanol–water partition coefficient (Wildman–Crippen LogP) is 6.54. The highest BCUT2D eigenvalue weighted by atomic mass is 19.1. The molecule has 2 aromatic carbocycles. The Morgan fingerprint density at radius 3 is 2.29 bits per heavy atom. The van der Waals surface area contributed by atoms with Crippen LogP contribution >= 0.6 is 0 Å². The summed E-state index contributed by atoms with van der Waals surface area (Å²) in [5, 5.41) is 10.1. The zero-order valence-corrected chi connectivity index (χ0v) is 21.0. The lowest BCUT2D eigenvalue weighted by Gasteiger charge is -2.40. The smallest absolute Gasteiger partial charge is 0.159 e. The molecule has 2 aromatic rings. The molecule has 4 nitrogen and oxygen atoms in total. The van der Waals surface area contributed by atoms with Gasteiger partial charge in [-0.1, -0.05) is 18.2 Å². The summed E-state index contributed by atoms with van der Waals surface area (Å²) in [5.41, 5.74) is 4.26. The molecule has 1 saturated heterocycles. The van der Waals surface area contributed by atoms with Gasteiger partial charge in [0.15, 0.2) is 6.29 Å². The van der Waals surface area contributed by atoms with Crippen LogP contribution < -0.4 is 0 Å². The highest BCUT2D eigenvalue weighted by Gasteiger charge is 2.38. The van der Waals surface area contributed by atoms with Gasteiger partial charge in [0.25, 0.3) is 0 Å². The monoisotopic (exact) mass is 482 g/mol. The summed E-state index contributed by atoms with van der Waals surface area (Å²) in [6, 6.07) is 11.7. The van der Waals surface area contributed by atoms with Crippen molar-refractivity contribution in [3.05, 3.63) is 64.5 Å². The molecule has 3 aliphatic rings. The van der Waals surface area contributed by atoms with E-state index < -0.39 is 0 Å². The summed E-state index contributed by atoms with van der Waals surface area (Å²) >= 11 is 0. The van der Waals surface area contributed by atoms with Crippen molar-refractivity contribution in [1.82, 2.24) is 0 Å². The first kappa shape index (κ1) is 24.7. The van der Waals surface area contributed by atoms with E-state index in [4.69, 9.17) is 14.2 Å². The number of aryl methyl sites for hydroxylation is 1. The number of ether oxygens (including phenoxy) is 3. The molecule has 0 bridgehead atoms. The maximum absolute atomic E-state index is 15.9. The second-order valence-corrected chi connectivity index (χ2v) is 10.7. The summed E-state index contributed by atoms with van der Waals surface area (Å²) in [6.45, 7) is 1.60. The van der Waals surface area contributed by atoms with Gasteiger partial charge in [-0.2, -0.15) is 0 Å². The van der Waals surface area contributed by atoms with Gasteiger partial charge in [-0.25, -0.2) is 4.39 Å². The minimum Gasteiger partial charge on any atom is -0.508 e. The Morgan fingerprint density at radius 2 is 1.60 bits per heavy atom. The van der Waals surface area contributed by atoms with Crippen LogP contribution in [0.25, 0.3) is 0 Å². The average Bonchev–Trinajstić information content (AvgIpc) is 2.89. The van der Waals surface area contributed by atoms with Crippen LogP contribution in [-0.4, -0.2) is 38.8 Å².